The Morgan fingerprint density at radius 1 is 1.42 bits per heavy atom. The summed E-state index contributed by atoms with van der Waals surface area (Å²) in [6.07, 6.45) is 3.85. The minimum absolute atomic E-state index is 0.141. The van der Waals surface area contributed by atoms with Crippen molar-refractivity contribution >= 4 is 12.0 Å². The minimum atomic E-state index is -0.141. The number of benzene rings is 1. The second kappa shape index (κ2) is 6.19. The lowest BCUT2D eigenvalue weighted by molar-refractivity contribution is -0.128. The number of hydrogen-bond acceptors (Lipinski definition) is 2. The molecule has 1 aromatic rings. The summed E-state index contributed by atoms with van der Waals surface area (Å²) in [7, 11) is 0. The second-order valence-corrected chi connectivity index (χ2v) is 5.08. The van der Waals surface area contributed by atoms with Crippen molar-refractivity contribution in [3.05, 3.63) is 41.5 Å². The van der Waals surface area contributed by atoms with E-state index >= 15 is 0 Å². The average Bonchev–Trinajstić information content (AvgIpc) is 2.45. The van der Waals surface area contributed by atoms with E-state index in [0.717, 1.165) is 31.5 Å². The zero-order valence-electron chi connectivity index (χ0n) is 11.2. The number of nitriles is 1. The molecule has 1 aliphatic heterocycles. The predicted octanol–water partition coefficient (Wildman–Crippen LogP) is 2.85. The predicted molar refractivity (Wildman–Crippen MR) is 75.0 cm³/mol. The summed E-state index contributed by atoms with van der Waals surface area (Å²) >= 11 is 0. The zero-order chi connectivity index (χ0) is 13.7. The van der Waals surface area contributed by atoms with Crippen molar-refractivity contribution in [3.8, 4) is 6.07 Å². The van der Waals surface area contributed by atoms with Crippen LogP contribution in [0.2, 0.25) is 0 Å². The minimum Gasteiger partial charge on any atom is -0.338 e. The van der Waals surface area contributed by atoms with Crippen LogP contribution in [0, 0.1) is 17.2 Å². The largest absolute Gasteiger partial charge is 0.338 e. The summed E-state index contributed by atoms with van der Waals surface area (Å²) in [6.45, 7) is 3.66. The Hall–Kier alpha value is -2.08. The summed E-state index contributed by atoms with van der Waals surface area (Å²) in [5.74, 6) is 0.382. The van der Waals surface area contributed by atoms with Gasteiger partial charge in [0.15, 0.2) is 0 Å². The quantitative estimate of drug-likeness (QED) is 0.601. The molecule has 0 N–H and O–H groups in total. The normalized spacial score (nSPS) is 19.9. The molecule has 1 amide bonds. The van der Waals surface area contributed by atoms with Crippen molar-refractivity contribution < 1.29 is 4.79 Å². The molecule has 3 nitrogen and oxygen atoms in total. The van der Waals surface area contributed by atoms with Crippen LogP contribution in [0.5, 0.6) is 0 Å². The van der Waals surface area contributed by atoms with Crippen LogP contribution in [0.15, 0.2) is 35.9 Å². The van der Waals surface area contributed by atoms with Gasteiger partial charge < -0.3 is 4.90 Å². The molecule has 0 saturated carbocycles. The number of hydrogen-bond donors (Lipinski definition) is 0. The Morgan fingerprint density at radius 3 is 2.79 bits per heavy atom. The van der Waals surface area contributed by atoms with Crippen molar-refractivity contribution in [2.75, 3.05) is 13.1 Å². The third kappa shape index (κ3) is 3.45. The van der Waals surface area contributed by atoms with Crippen molar-refractivity contribution in [2.24, 2.45) is 5.92 Å². The standard InChI is InChI=1S/C16H18N2O/c1-13-6-5-9-18(12-13)16(19)15(11-17)10-14-7-3-2-4-8-14/h2-4,7-8,10,13H,5-6,9,12H2,1H3/b15-10+. The number of amides is 1. The van der Waals surface area contributed by atoms with Crippen LogP contribution in [-0.2, 0) is 4.79 Å². The van der Waals surface area contributed by atoms with E-state index in [1.54, 1.807) is 11.0 Å². The molecular weight excluding hydrogens is 236 g/mol. The average molecular weight is 254 g/mol. The van der Waals surface area contributed by atoms with Gasteiger partial charge in [-0.25, -0.2) is 0 Å². The van der Waals surface area contributed by atoms with Crippen molar-refractivity contribution in [3.63, 3.8) is 0 Å². The lowest BCUT2D eigenvalue weighted by Crippen LogP contribution is -2.39. The van der Waals surface area contributed by atoms with E-state index in [4.69, 9.17) is 0 Å². The van der Waals surface area contributed by atoms with Crippen LogP contribution < -0.4 is 0 Å². The van der Waals surface area contributed by atoms with Gasteiger partial charge in [0, 0.05) is 13.1 Å². The van der Waals surface area contributed by atoms with Crippen LogP contribution in [0.3, 0.4) is 0 Å². The smallest absolute Gasteiger partial charge is 0.264 e. The Morgan fingerprint density at radius 2 is 2.16 bits per heavy atom. The van der Waals surface area contributed by atoms with E-state index in [1.807, 2.05) is 36.4 Å². The summed E-state index contributed by atoms with van der Waals surface area (Å²) < 4.78 is 0. The Balaban J connectivity index is 2.16. The van der Waals surface area contributed by atoms with Gasteiger partial charge in [0.1, 0.15) is 11.6 Å². The van der Waals surface area contributed by atoms with Gasteiger partial charge in [0.05, 0.1) is 0 Å². The Kier molecular flexibility index (Phi) is 4.35. The molecular formula is C16H18N2O. The molecule has 0 spiro atoms. The molecule has 1 saturated heterocycles. The Labute approximate surface area is 114 Å². The fourth-order valence-corrected chi connectivity index (χ4v) is 2.40. The molecule has 0 bridgehead atoms. The maximum absolute atomic E-state index is 12.3. The van der Waals surface area contributed by atoms with Crippen LogP contribution in [0.25, 0.3) is 6.08 Å². The number of nitrogens with zero attached hydrogens (tertiary/aromatic N) is 2. The van der Waals surface area contributed by atoms with Gasteiger partial charge in [-0.15, -0.1) is 0 Å². The first-order chi connectivity index (χ1) is 9.20. The molecule has 3 heteroatoms. The highest BCUT2D eigenvalue weighted by atomic mass is 16.2. The van der Waals surface area contributed by atoms with Crippen LogP contribution >= 0.6 is 0 Å². The van der Waals surface area contributed by atoms with Gasteiger partial charge in [-0.1, -0.05) is 37.3 Å². The second-order valence-electron chi connectivity index (χ2n) is 5.08. The van der Waals surface area contributed by atoms with Crippen LogP contribution in [-0.4, -0.2) is 23.9 Å². The number of likely N-dealkylation sites (tertiary alicyclic amines) is 1. The molecule has 2 rings (SSSR count). The molecule has 19 heavy (non-hydrogen) atoms. The number of carbonyl (C=O) groups is 1. The van der Waals surface area contributed by atoms with Gasteiger partial charge in [-0.05, 0) is 30.4 Å². The van der Waals surface area contributed by atoms with Crippen molar-refractivity contribution in [2.45, 2.75) is 19.8 Å². The van der Waals surface area contributed by atoms with Gasteiger partial charge in [0.2, 0.25) is 0 Å². The van der Waals surface area contributed by atoms with Gasteiger partial charge in [-0.3, -0.25) is 4.79 Å². The van der Waals surface area contributed by atoms with Crippen molar-refractivity contribution in [1.82, 2.24) is 4.90 Å². The van der Waals surface area contributed by atoms with E-state index in [1.165, 1.54) is 0 Å². The molecule has 1 aromatic carbocycles. The highest BCUT2D eigenvalue weighted by Gasteiger charge is 2.23. The fraction of sp³-hybridized carbons (Fsp3) is 0.375. The third-order valence-corrected chi connectivity index (χ3v) is 3.41. The van der Waals surface area contributed by atoms with Crippen molar-refractivity contribution in [1.29, 1.82) is 5.26 Å². The van der Waals surface area contributed by atoms with E-state index in [2.05, 4.69) is 6.92 Å². The maximum atomic E-state index is 12.3. The molecule has 1 fully saturated rings. The molecule has 0 radical (unpaired) electrons. The molecule has 1 heterocycles. The first-order valence-electron chi connectivity index (χ1n) is 6.67. The monoisotopic (exact) mass is 254 g/mol. The lowest BCUT2D eigenvalue weighted by atomic mass is 9.99. The van der Waals surface area contributed by atoms with Crippen LogP contribution in [0.4, 0.5) is 0 Å². The fourth-order valence-electron chi connectivity index (χ4n) is 2.40. The van der Waals surface area contributed by atoms with Gasteiger partial charge in [0.25, 0.3) is 5.91 Å². The SMILES string of the molecule is CC1CCCN(C(=O)/C(C#N)=C/c2ccccc2)C1. The summed E-state index contributed by atoms with van der Waals surface area (Å²) in [4.78, 5) is 14.1. The molecule has 1 aliphatic rings. The first kappa shape index (κ1) is 13.4. The Bertz CT molecular complexity index is 513. The highest BCUT2D eigenvalue weighted by molar-refractivity contribution is 6.01. The number of carbonyl (C=O) groups excluding carboxylic acids is 1. The van der Waals surface area contributed by atoms with Crippen LogP contribution in [0.1, 0.15) is 25.3 Å². The lowest BCUT2D eigenvalue weighted by Gasteiger charge is -2.30. The number of rotatable bonds is 2. The van der Waals surface area contributed by atoms with E-state index < -0.39 is 0 Å². The third-order valence-electron chi connectivity index (χ3n) is 3.41. The van der Waals surface area contributed by atoms with E-state index in [9.17, 15) is 10.1 Å². The molecule has 0 aromatic heterocycles. The first-order valence-corrected chi connectivity index (χ1v) is 6.67. The zero-order valence-corrected chi connectivity index (χ0v) is 11.2. The summed E-state index contributed by atoms with van der Waals surface area (Å²) in [5.41, 5.74) is 1.11. The summed E-state index contributed by atoms with van der Waals surface area (Å²) in [5, 5.41) is 9.19. The molecule has 1 unspecified atom stereocenters. The van der Waals surface area contributed by atoms with Gasteiger partial charge in [-0.2, -0.15) is 5.26 Å². The van der Waals surface area contributed by atoms with E-state index in [0.29, 0.717) is 5.92 Å². The maximum Gasteiger partial charge on any atom is 0.264 e. The molecule has 98 valence electrons. The molecule has 0 aliphatic carbocycles. The highest BCUT2D eigenvalue weighted by Crippen LogP contribution is 2.18. The number of piperidine rings is 1. The van der Waals surface area contributed by atoms with E-state index in [-0.39, 0.29) is 11.5 Å². The topological polar surface area (TPSA) is 44.1 Å². The van der Waals surface area contributed by atoms with Gasteiger partial charge >= 0.3 is 0 Å². The summed E-state index contributed by atoms with van der Waals surface area (Å²) in [6, 6.07) is 11.5. The molecule has 1 atom stereocenters.